The summed E-state index contributed by atoms with van der Waals surface area (Å²) in [6.07, 6.45) is 5.76. The molecular weight excluding hydrogens is 276 g/mol. The molecule has 0 aromatic heterocycles. The summed E-state index contributed by atoms with van der Waals surface area (Å²) in [5.41, 5.74) is 1.64. The molecule has 1 fully saturated rings. The van der Waals surface area contributed by atoms with Crippen LogP contribution in [0.4, 0.5) is 0 Å². The van der Waals surface area contributed by atoms with Gasteiger partial charge >= 0.3 is 0 Å². The van der Waals surface area contributed by atoms with E-state index in [1.165, 1.54) is 19.3 Å². The summed E-state index contributed by atoms with van der Waals surface area (Å²) < 4.78 is 0. The summed E-state index contributed by atoms with van der Waals surface area (Å²) in [4.78, 5) is 26.6. The number of rotatable bonds is 3. The number of hydrogen-bond donors (Lipinski definition) is 1. The fourth-order valence-electron chi connectivity index (χ4n) is 2.87. The van der Waals surface area contributed by atoms with Crippen molar-refractivity contribution >= 4 is 11.8 Å². The van der Waals surface area contributed by atoms with Gasteiger partial charge in [-0.15, -0.1) is 0 Å². The molecule has 4 nitrogen and oxygen atoms in total. The van der Waals surface area contributed by atoms with Gasteiger partial charge in [0.2, 0.25) is 5.91 Å². The second kappa shape index (κ2) is 7.97. The SMILES string of the molecule is Cc1cccc(C(=O)NC(C)C(=O)N2CCCCCCC2)c1. The van der Waals surface area contributed by atoms with E-state index in [1.54, 1.807) is 13.0 Å². The van der Waals surface area contributed by atoms with E-state index in [0.717, 1.165) is 31.5 Å². The van der Waals surface area contributed by atoms with Crippen molar-refractivity contribution < 1.29 is 9.59 Å². The third-order valence-electron chi connectivity index (χ3n) is 4.17. The van der Waals surface area contributed by atoms with Crippen LogP contribution < -0.4 is 5.32 Å². The molecule has 2 amide bonds. The average Bonchev–Trinajstić information content (AvgIpc) is 2.46. The minimum atomic E-state index is -0.479. The Hall–Kier alpha value is -1.84. The van der Waals surface area contributed by atoms with Gasteiger partial charge in [-0.05, 0) is 38.8 Å². The number of amides is 2. The molecule has 0 radical (unpaired) electrons. The Morgan fingerprint density at radius 1 is 1.09 bits per heavy atom. The monoisotopic (exact) mass is 302 g/mol. The van der Waals surface area contributed by atoms with Crippen LogP contribution in [0.3, 0.4) is 0 Å². The van der Waals surface area contributed by atoms with Gasteiger partial charge < -0.3 is 10.2 Å². The summed E-state index contributed by atoms with van der Waals surface area (Å²) in [6, 6.07) is 6.94. The minimum Gasteiger partial charge on any atom is -0.341 e. The highest BCUT2D eigenvalue weighted by atomic mass is 16.2. The third kappa shape index (κ3) is 4.58. The Labute approximate surface area is 132 Å². The van der Waals surface area contributed by atoms with E-state index >= 15 is 0 Å². The van der Waals surface area contributed by atoms with Crippen molar-refractivity contribution in [2.75, 3.05) is 13.1 Å². The highest BCUT2D eigenvalue weighted by Crippen LogP contribution is 2.12. The highest BCUT2D eigenvalue weighted by Gasteiger charge is 2.22. The number of carbonyl (C=O) groups is 2. The lowest BCUT2D eigenvalue weighted by Crippen LogP contribution is -2.47. The number of likely N-dealkylation sites (tertiary alicyclic amines) is 1. The average molecular weight is 302 g/mol. The molecule has 1 atom stereocenters. The van der Waals surface area contributed by atoms with Crippen molar-refractivity contribution in [1.29, 1.82) is 0 Å². The van der Waals surface area contributed by atoms with Gasteiger partial charge in [0, 0.05) is 18.7 Å². The standard InChI is InChI=1S/C18H26N2O2/c1-14-9-8-10-16(13-14)17(21)19-15(2)18(22)20-11-6-4-3-5-7-12-20/h8-10,13,15H,3-7,11-12H2,1-2H3,(H,19,21). The molecule has 0 bridgehead atoms. The third-order valence-corrected chi connectivity index (χ3v) is 4.17. The van der Waals surface area contributed by atoms with Crippen molar-refractivity contribution in [1.82, 2.24) is 10.2 Å². The molecular formula is C18H26N2O2. The van der Waals surface area contributed by atoms with Crippen LogP contribution in [0, 0.1) is 6.92 Å². The fourth-order valence-corrected chi connectivity index (χ4v) is 2.87. The molecule has 1 saturated heterocycles. The molecule has 1 aliphatic rings. The molecule has 0 spiro atoms. The van der Waals surface area contributed by atoms with Crippen molar-refractivity contribution in [2.24, 2.45) is 0 Å². The lowest BCUT2D eigenvalue weighted by molar-refractivity contribution is -0.133. The van der Waals surface area contributed by atoms with E-state index in [0.29, 0.717) is 5.56 Å². The first-order chi connectivity index (χ1) is 10.6. The summed E-state index contributed by atoms with van der Waals surface area (Å²) >= 11 is 0. The molecule has 0 saturated carbocycles. The molecule has 1 heterocycles. The summed E-state index contributed by atoms with van der Waals surface area (Å²) in [5.74, 6) is -0.153. The summed E-state index contributed by atoms with van der Waals surface area (Å²) in [5, 5.41) is 2.83. The maximum Gasteiger partial charge on any atom is 0.251 e. The Bertz CT molecular complexity index is 520. The normalized spacial score (nSPS) is 17.3. The first-order valence-corrected chi connectivity index (χ1v) is 8.24. The number of nitrogens with one attached hydrogen (secondary N) is 1. The fraction of sp³-hybridized carbons (Fsp3) is 0.556. The molecule has 1 unspecified atom stereocenters. The van der Waals surface area contributed by atoms with E-state index < -0.39 is 6.04 Å². The van der Waals surface area contributed by atoms with Crippen LogP contribution in [0.25, 0.3) is 0 Å². The predicted molar refractivity (Wildman–Crippen MR) is 87.8 cm³/mol. The van der Waals surface area contributed by atoms with Crippen LogP contribution in [-0.4, -0.2) is 35.8 Å². The van der Waals surface area contributed by atoms with E-state index in [4.69, 9.17) is 0 Å². The molecule has 0 aliphatic carbocycles. The lowest BCUT2D eigenvalue weighted by Gasteiger charge is -2.27. The molecule has 22 heavy (non-hydrogen) atoms. The van der Waals surface area contributed by atoms with E-state index in [-0.39, 0.29) is 11.8 Å². The van der Waals surface area contributed by atoms with Crippen molar-refractivity contribution in [3.05, 3.63) is 35.4 Å². The number of nitrogens with zero attached hydrogens (tertiary/aromatic N) is 1. The van der Waals surface area contributed by atoms with E-state index in [1.807, 2.05) is 30.0 Å². The van der Waals surface area contributed by atoms with Crippen LogP contribution in [0.15, 0.2) is 24.3 Å². The maximum atomic E-state index is 12.5. The molecule has 4 heteroatoms. The topological polar surface area (TPSA) is 49.4 Å². The van der Waals surface area contributed by atoms with Crippen LogP contribution >= 0.6 is 0 Å². The zero-order valence-corrected chi connectivity index (χ0v) is 13.6. The zero-order chi connectivity index (χ0) is 15.9. The quantitative estimate of drug-likeness (QED) is 0.933. The smallest absolute Gasteiger partial charge is 0.251 e. The Balaban J connectivity index is 1.93. The highest BCUT2D eigenvalue weighted by molar-refractivity contribution is 5.97. The van der Waals surface area contributed by atoms with E-state index in [2.05, 4.69) is 5.32 Å². The molecule has 1 aromatic rings. The molecule has 2 rings (SSSR count). The first-order valence-electron chi connectivity index (χ1n) is 8.24. The largest absolute Gasteiger partial charge is 0.341 e. The van der Waals surface area contributed by atoms with Crippen LogP contribution in [0.5, 0.6) is 0 Å². The zero-order valence-electron chi connectivity index (χ0n) is 13.6. The van der Waals surface area contributed by atoms with Crippen molar-refractivity contribution in [3.8, 4) is 0 Å². The Morgan fingerprint density at radius 3 is 2.36 bits per heavy atom. The minimum absolute atomic E-state index is 0.0305. The predicted octanol–water partition coefficient (Wildman–Crippen LogP) is 2.91. The van der Waals surface area contributed by atoms with Crippen LogP contribution in [0.2, 0.25) is 0 Å². The molecule has 1 aliphatic heterocycles. The van der Waals surface area contributed by atoms with Gasteiger partial charge in [0.25, 0.3) is 5.91 Å². The number of hydrogen-bond acceptors (Lipinski definition) is 2. The number of carbonyl (C=O) groups excluding carboxylic acids is 2. The Kier molecular flexibility index (Phi) is 5.99. The van der Waals surface area contributed by atoms with Crippen LogP contribution in [0.1, 0.15) is 54.9 Å². The van der Waals surface area contributed by atoms with E-state index in [9.17, 15) is 9.59 Å². The van der Waals surface area contributed by atoms with Crippen molar-refractivity contribution in [2.45, 2.75) is 52.0 Å². The van der Waals surface area contributed by atoms with Gasteiger partial charge in [0.1, 0.15) is 6.04 Å². The van der Waals surface area contributed by atoms with Gasteiger partial charge in [0.15, 0.2) is 0 Å². The lowest BCUT2D eigenvalue weighted by atomic mass is 10.1. The van der Waals surface area contributed by atoms with Gasteiger partial charge in [-0.25, -0.2) is 0 Å². The number of benzene rings is 1. The second-order valence-corrected chi connectivity index (χ2v) is 6.16. The van der Waals surface area contributed by atoms with Gasteiger partial charge in [-0.2, -0.15) is 0 Å². The van der Waals surface area contributed by atoms with Gasteiger partial charge in [-0.1, -0.05) is 37.0 Å². The Morgan fingerprint density at radius 2 is 1.73 bits per heavy atom. The van der Waals surface area contributed by atoms with Crippen LogP contribution in [-0.2, 0) is 4.79 Å². The molecule has 120 valence electrons. The first kappa shape index (κ1) is 16.5. The number of aryl methyl sites for hydroxylation is 1. The maximum absolute atomic E-state index is 12.5. The summed E-state index contributed by atoms with van der Waals surface area (Å²) in [7, 11) is 0. The molecule has 1 aromatic carbocycles. The van der Waals surface area contributed by atoms with Gasteiger partial charge in [-0.3, -0.25) is 9.59 Å². The van der Waals surface area contributed by atoms with Gasteiger partial charge in [0.05, 0.1) is 0 Å². The van der Waals surface area contributed by atoms with Crippen molar-refractivity contribution in [3.63, 3.8) is 0 Å². The summed E-state index contributed by atoms with van der Waals surface area (Å²) in [6.45, 7) is 5.34. The molecule has 1 N–H and O–H groups in total. The second-order valence-electron chi connectivity index (χ2n) is 6.16.